The predicted octanol–water partition coefficient (Wildman–Crippen LogP) is 2.89. The minimum atomic E-state index is -1.12. The van der Waals surface area contributed by atoms with Gasteiger partial charge in [0.05, 0.1) is 6.54 Å². The zero-order valence-electron chi connectivity index (χ0n) is 13.2. The van der Waals surface area contributed by atoms with Gasteiger partial charge in [-0.2, -0.15) is 0 Å². The van der Waals surface area contributed by atoms with Crippen molar-refractivity contribution in [2.45, 2.75) is 12.5 Å². The maximum atomic E-state index is 12.2. The average Bonchev–Trinajstić information content (AvgIpc) is 2.59. The zero-order valence-corrected chi connectivity index (χ0v) is 13.2. The third kappa shape index (κ3) is 4.69. The van der Waals surface area contributed by atoms with Crippen molar-refractivity contribution in [3.8, 4) is 5.75 Å². The SMILES string of the molecule is C=CCOc1ccc(C(=O)NCC(C)(O)c2ccccc2)cc1. The van der Waals surface area contributed by atoms with E-state index >= 15 is 0 Å². The maximum absolute atomic E-state index is 12.2. The van der Waals surface area contributed by atoms with E-state index in [4.69, 9.17) is 4.74 Å². The second kappa shape index (κ2) is 7.61. The number of hydrogen-bond acceptors (Lipinski definition) is 3. The number of amides is 1. The van der Waals surface area contributed by atoms with Crippen LogP contribution in [0, 0.1) is 0 Å². The molecule has 0 saturated heterocycles. The molecule has 0 bridgehead atoms. The average molecular weight is 311 g/mol. The first-order chi connectivity index (χ1) is 11.0. The summed E-state index contributed by atoms with van der Waals surface area (Å²) >= 11 is 0. The highest BCUT2D eigenvalue weighted by Crippen LogP contribution is 2.19. The largest absolute Gasteiger partial charge is 0.490 e. The summed E-state index contributed by atoms with van der Waals surface area (Å²) in [5, 5.41) is 13.2. The first-order valence-electron chi connectivity index (χ1n) is 7.43. The third-order valence-electron chi connectivity index (χ3n) is 3.47. The van der Waals surface area contributed by atoms with Crippen molar-refractivity contribution >= 4 is 5.91 Å². The highest BCUT2D eigenvalue weighted by Gasteiger charge is 2.23. The fourth-order valence-corrected chi connectivity index (χ4v) is 2.11. The molecule has 120 valence electrons. The van der Waals surface area contributed by atoms with Crippen LogP contribution in [0.15, 0.2) is 67.3 Å². The molecule has 2 aromatic rings. The molecule has 1 atom stereocenters. The van der Waals surface area contributed by atoms with Crippen LogP contribution < -0.4 is 10.1 Å². The van der Waals surface area contributed by atoms with Crippen LogP contribution in [0.4, 0.5) is 0 Å². The van der Waals surface area contributed by atoms with Gasteiger partial charge in [0.25, 0.3) is 5.91 Å². The van der Waals surface area contributed by atoms with Crippen LogP contribution in [0.1, 0.15) is 22.8 Å². The van der Waals surface area contributed by atoms with Crippen molar-refractivity contribution in [1.29, 1.82) is 0 Å². The van der Waals surface area contributed by atoms with Crippen molar-refractivity contribution in [3.63, 3.8) is 0 Å². The lowest BCUT2D eigenvalue weighted by Gasteiger charge is -2.24. The normalized spacial score (nSPS) is 13.0. The Bertz CT molecular complexity index is 648. The van der Waals surface area contributed by atoms with Gasteiger partial charge in [0.2, 0.25) is 0 Å². The lowest BCUT2D eigenvalue weighted by atomic mass is 9.96. The van der Waals surface area contributed by atoms with E-state index in [0.717, 1.165) is 5.56 Å². The molecule has 0 aliphatic rings. The van der Waals surface area contributed by atoms with Gasteiger partial charge in [-0.15, -0.1) is 0 Å². The fourth-order valence-electron chi connectivity index (χ4n) is 2.11. The van der Waals surface area contributed by atoms with E-state index in [1.807, 2.05) is 30.3 Å². The Kier molecular flexibility index (Phi) is 5.55. The minimum absolute atomic E-state index is 0.130. The third-order valence-corrected chi connectivity index (χ3v) is 3.47. The van der Waals surface area contributed by atoms with Crippen LogP contribution >= 0.6 is 0 Å². The van der Waals surface area contributed by atoms with Gasteiger partial charge >= 0.3 is 0 Å². The van der Waals surface area contributed by atoms with Crippen LogP contribution in [0.25, 0.3) is 0 Å². The van der Waals surface area contributed by atoms with Crippen molar-refractivity contribution in [2.24, 2.45) is 0 Å². The van der Waals surface area contributed by atoms with E-state index in [9.17, 15) is 9.90 Å². The zero-order chi connectivity index (χ0) is 16.7. The Balaban J connectivity index is 1.95. The summed E-state index contributed by atoms with van der Waals surface area (Å²) in [6.45, 7) is 5.81. The molecule has 0 saturated carbocycles. The first-order valence-corrected chi connectivity index (χ1v) is 7.43. The molecule has 2 rings (SSSR count). The van der Waals surface area contributed by atoms with Gasteiger partial charge in [-0.1, -0.05) is 43.0 Å². The summed E-state index contributed by atoms with van der Waals surface area (Å²) in [6.07, 6.45) is 1.66. The van der Waals surface area contributed by atoms with E-state index in [-0.39, 0.29) is 12.5 Å². The molecule has 0 aliphatic carbocycles. The van der Waals surface area contributed by atoms with Crippen LogP contribution in [0.3, 0.4) is 0 Å². The minimum Gasteiger partial charge on any atom is -0.490 e. The van der Waals surface area contributed by atoms with E-state index in [2.05, 4.69) is 11.9 Å². The number of ether oxygens (including phenoxy) is 1. The number of rotatable bonds is 7. The molecule has 2 aromatic carbocycles. The lowest BCUT2D eigenvalue weighted by Crippen LogP contribution is -2.38. The Hall–Kier alpha value is -2.59. The van der Waals surface area contributed by atoms with E-state index in [1.165, 1.54) is 0 Å². The molecular weight excluding hydrogens is 290 g/mol. The molecule has 2 N–H and O–H groups in total. The number of carbonyl (C=O) groups is 1. The predicted molar refractivity (Wildman–Crippen MR) is 90.5 cm³/mol. The fraction of sp³-hybridized carbons (Fsp3) is 0.211. The van der Waals surface area contributed by atoms with Crippen LogP contribution in [0.5, 0.6) is 5.75 Å². The first kappa shape index (κ1) is 16.8. The smallest absolute Gasteiger partial charge is 0.251 e. The standard InChI is InChI=1S/C19H21NO3/c1-3-13-23-17-11-9-15(10-12-17)18(21)20-14-19(2,22)16-7-5-4-6-8-16/h3-12,22H,1,13-14H2,2H3,(H,20,21). The summed E-state index contributed by atoms with van der Waals surface area (Å²) in [7, 11) is 0. The molecule has 0 radical (unpaired) electrons. The second-order valence-electron chi connectivity index (χ2n) is 5.45. The molecule has 0 heterocycles. The summed E-state index contributed by atoms with van der Waals surface area (Å²) in [6, 6.07) is 16.1. The Morgan fingerprint density at radius 2 is 1.87 bits per heavy atom. The monoisotopic (exact) mass is 311 g/mol. The highest BCUT2D eigenvalue weighted by molar-refractivity contribution is 5.94. The molecule has 4 heteroatoms. The summed E-state index contributed by atoms with van der Waals surface area (Å²) in [4.78, 5) is 12.2. The van der Waals surface area contributed by atoms with E-state index in [0.29, 0.717) is 17.9 Å². The maximum Gasteiger partial charge on any atom is 0.251 e. The van der Waals surface area contributed by atoms with Crippen molar-refractivity contribution in [1.82, 2.24) is 5.32 Å². The Morgan fingerprint density at radius 1 is 1.22 bits per heavy atom. The molecule has 0 fully saturated rings. The molecule has 1 unspecified atom stereocenters. The molecule has 0 aliphatic heterocycles. The Morgan fingerprint density at radius 3 is 2.48 bits per heavy atom. The Labute approximate surface area is 136 Å². The quantitative estimate of drug-likeness (QED) is 0.773. The second-order valence-corrected chi connectivity index (χ2v) is 5.45. The van der Waals surface area contributed by atoms with Gasteiger partial charge in [-0.25, -0.2) is 0 Å². The van der Waals surface area contributed by atoms with E-state index in [1.54, 1.807) is 37.3 Å². The van der Waals surface area contributed by atoms with Crippen molar-refractivity contribution in [3.05, 3.63) is 78.4 Å². The van der Waals surface area contributed by atoms with Gasteiger partial charge in [0.1, 0.15) is 18.0 Å². The number of hydrogen-bond donors (Lipinski definition) is 2. The van der Waals surface area contributed by atoms with Crippen LogP contribution in [-0.2, 0) is 5.60 Å². The van der Waals surface area contributed by atoms with Gasteiger partial charge < -0.3 is 15.2 Å². The van der Waals surface area contributed by atoms with Gasteiger partial charge in [-0.05, 0) is 36.8 Å². The number of aliphatic hydroxyl groups is 1. The van der Waals surface area contributed by atoms with Crippen molar-refractivity contribution < 1.29 is 14.6 Å². The number of nitrogens with one attached hydrogen (secondary N) is 1. The number of carbonyl (C=O) groups excluding carboxylic acids is 1. The summed E-state index contributed by atoms with van der Waals surface area (Å²) < 4.78 is 5.37. The molecule has 0 aromatic heterocycles. The number of benzene rings is 2. The lowest BCUT2D eigenvalue weighted by molar-refractivity contribution is 0.0526. The summed E-state index contributed by atoms with van der Waals surface area (Å²) in [5.74, 6) is 0.439. The molecular formula is C19H21NO3. The molecule has 23 heavy (non-hydrogen) atoms. The van der Waals surface area contributed by atoms with E-state index < -0.39 is 5.60 Å². The molecule has 0 spiro atoms. The molecule has 4 nitrogen and oxygen atoms in total. The molecule has 1 amide bonds. The van der Waals surface area contributed by atoms with Gasteiger partial charge in [0.15, 0.2) is 0 Å². The van der Waals surface area contributed by atoms with Gasteiger partial charge in [-0.3, -0.25) is 4.79 Å². The van der Waals surface area contributed by atoms with Gasteiger partial charge in [0, 0.05) is 5.56 Å². The van der Waals surface area contributed by atoms with Crippen LogP contribution in [0.2, 0.25) is 0 Å². The van der Waals surface area contributed by atoms with Crippen molar-refractivity contribution in [2.75, 3.05) is 13.2 Å². The topological polar surface area (TPSA) is 58.6 Å². The highest BCUT2D eigenvalue weighted by atomic mass is 16.5. The summed E-state index contributed by atoms with van der Waals surface area (Å²) in [5.41, 5.74) is 0.150. The van der Waals surface area contributed by atoms with Crippen LogP contribution in [-0.4, -0.2) is 24.2 Å².